The summed E-state index contributed by atoms with van der Waals surface area (Å²) in [5.41, 5.74) is -0.498. The van der Waals surface area contributed by atoms with Crippen LogP contribution >= 0.6 is 0 Å². The zero-order valence-electron chi connectivity index (χ0n) is 17.6. The number of nitrogens with zero attached hydrogens (tertiary/aromatic N) is 4. The van der Waals surface area contributed by atoms with Crippen LogP contribution in [-0.4, -0.2) is 89.6 Å². The van der Waals surface area contributed by atoms with Crippen molar-refractivity contribution >= 4 is 17.8 Å². The smallest absolute Gasteiger partial charge is 0.475 e. The highest BCUT2D eigenvalue weighted by Gasteiger charge is 2.43. The number of rotatable bonds is 2. The van der Waals surface area contributed by atoms with Gasteiger partial charge < -0.3 is 24.4 Å². The molecule has 2 aliphatic heterocycles. The summed E-state index contributed by atoms with van der Waals surface area (Å²) in [4.78, 5) is 34.6. The highest BCUT2D eigenvalue weighted by molar-refractivity contribution is 5.79. The number of halogens is 3. The van der Waals surface area contributed by atoms with Gasteiger partial charge in [0.05, 0.1) is 32.9 Å². The molecule has 32 heavy (non-hydrogen) atoms. The van der Waals surface area contributed by atoms with Crippen molar-refractivity contribution in [3.8, 4) is 0 Å². The molecule has 1 saturated carbocycles. The molecule has 0 bridgehead atoms. The minimum Gasteiger partial charge on any atom is -0.475 e. The van der Waals surface area contributed by atoms with Gasteiger partial charge in [-0.3, -0.25) is 4.79 Å². The molecule has 1 spiro atoms. The second-order valence-corrected chi connectivity index (χ2v) is 8.10. The number of aromatic nitrogens is 2. The molecule has 1 aliphatic carbocycles. The van der Waals surface area contributed by atoms with E-state index in [9.17, 15) is 18.0 Å². The lowest BCUT2D eigenvalue weighted by atomic mass is 9.99. The number of alkyl halides is 3. The maximum atomic E-state index is 12.9. The van der Waals surface area contributed by atoms with Crippen molar-refractivity contribution in [1.29, 1.82) is 0 Å². The molecule has 1 aromatic rings. The second-order valence-electron chi connectivity index (χ2n) is 8.10. The number of amides is 1. The van der Waals surface area contributed by atoms with Crippen LogP contribution in [0, 0.1) is 5.92 Å². The van der Waals surface area contributed by atoms with E-state index in [0.717, 1.165) is 19.4 Å². The third kappa shape index (κ3) is 6.28. The minimum absolute atomic E-state index is 0.204. The molecule has 178 valence electrons. The topological polar surface area (TPSA) is 105 Å². The first-order valence-electron chi connectivity index (χ1n) is 10.5. The zero-order valence-corrected chi connectivity index (χ0v) is 17.6. The van der Waals surface area contributed by atoms with E-state index >= 15 is 0 Å². The lowest BCUT2D eigenvalue weighted by molar-refractivity contribution is -0.192. The van der Waals surface area contributed by atoms with Gasteiger partial charge in [0, 0.05) is 31.4 Å². The first kappa shape index (κ1) is 24.2. The van der Waals surface area contributed by atoms with Crippen LogP contribution in [0.5, 0.6) is 0 Å². The van der Waals surface area contributed by atoms with Crippen molar-refractivity contribution in [3.63, 3.8) is 0 Å². The Hall–Kier alpha value is -2.47. The Morgan fingerprint density at radius 2 is 1.75 bits per heavy atom. The first-order chi connectivity index (χ1) is 15.2. The number of carbonyl (C=O) groups excluding carboxylic acids is 1. The number of carbonyl (C=O) groups is 2. The predicted octanol–water partition coefficient (Wildman–Crippen LogP) is 1.73. The highest BCUT2D eigenvalue weighted by Crippen LogP contribution is 2.30. The van der Waals surface area contributed by atoms with Gasteiger partial charge in [0.25, 0.3) is 0 Å². The number of hydrogen-bond donors (Lipinski definition) is 1. The van der Waals surface area contributed by atoms with Gasteiger partial charge in [0.1, 0.15) is 5.60 Å². The number of morpholine rings is 1. The predicted molar refractivity (Wildman–Crippen MR) is 106 cm³/mol. The van der Waals surface area contributed by atoms with E-state index in [1.807, 2.05) is 11.0 Å². The Balaban J connectivity index is 0.000000360. The van der Waals surface area contributed by atoms with E-state index in [-0.39, 0.29) is 5.92 Å². The molecule has 1 unspecified atom stereocenters. The number of carboxylic acids is 1. The molecule has 1 atom stereocenters. The zero-order chi connectivity index (χ0) is 23.2. The Kier molecular flexibility index (Phi) is 7.88. The summed E-state index contributed by atoms with van der Waals surface area (Å²) < 4.78 is 43.7. The van der Waals surface area contributed by atoms with Crippen molar-refractivity contribution in [2.24, 2.45) is 5.92 Å². The average Bonchev–Trinajstić information content (AvgIpc) is 3.23. The summed E-state index contributed by atoms with van der Waals surface area (Å²) in [5, 5.41) is 7.12. The molecule has 2 saturated heterocycles. The molecule has 3 aliphatic rings. The van der Waals surface area contributed by atoms with E-state index in [0.29, 0.717) is 51.3 Å². The van der Waals surface area contributed by atoms with Crippen molar-refractivity contribution in [1.82, 2.24) is 14.9 Å². The molecule has 4 rings (SSSR count). The van der Waals surface area contributed by atoms with Gasteiger partial charge in [-0.15, -0.1) is 0 Å². The van der Waals surface area contributed by atoms with E-state index in [1.165, 1.54) is 12.8 Å². The van der Waals surface area contributed by atoms with Crippen LogP contribution in [0.2, 0.25) is 0 Å². The number of aliphatic carboxylic acids is 1. The van der Waals surface area contributed by atoms with E-state index < -0.39 is 17.7 Å². The third-order valence-electron chi connectivity index (χ3n) is 5.69. The van der Waals surface area contributed by atoms with Crippen LogP contribution in [0.25, 0.3) is 0 Å². The lowest BCUT2D eigenvalue weighted by Gasteiger charge is -2.43. The number of ether oxygens (including phenoxy) is 2. The summed E-state index contributed by atoms with van der Waals surface area (Å²) >= 11 is 0. The van der Waals surface area contributed by atoms with Crippen LogP contribution in [0.15, 0.2) is 18.5 Å². The standard InChI is InChI=1S/C18H26N4O3.C2HF3O2/c23-16(15-4-1-2-5-15)21-9-11-25-18(12-21)13-22(8-10-24-14-18)17-19-6-3-7-20-17;3-2(4,5)1(6)7/h3,6-7,15H,1-2,4-5,8-14H2;(H,6,7). The minimum atomic E-state index is -5.08. The van der Waals surface area contributed by atoms with Gasteiger partial charge in [-0.05, 0) is 18.9 Å². The summed E-state index contributed by atoms with van der Waals surface area (Å²) in [6.45, 7) is 4.32. The highest BCUT2D eigenvalue weighted by atomic mass is 19.4. The monoisotopic (exact) mass is 460 g/mol. The number of carboxylic acid groups (broad SMARTS) is 1. The lowest BCUT2D eigenvalue weighted by Crippen LogP contribution is -2.60. The normalized spacial score (nSPS) is 24.6. The van der Waals surface area contributed by atoms with Crippen molar-refractivity contribution < 1.29 is 37.3 Å². The molecule has 1 N–H and O–H groups in total. The van der Waals surface area contributed by atoms with Gasteiger partial charge in [-0.1, -0.05) is 12.8 Å². The molecular formula is C20H27F3N4O5. The Morgan fingerprint density at radius 1 is 1.09 bits per heavy atom. The first-order valence-corrected chi connectivity index (χ1v) is 10.5. The third-order valence-corrected chi connectivity index (χ3v) is 5.69. The molecule has 12 heteroatoms. The maximum Gasteiger partial charge on any atom is 0.490 e. The van der Waals surface area contributed by atoms with Crippen molar-refractivity contribution in [3.05, 3.63) is 18.5 Å². The fourth-order valence-electron chi connectivity index (χ4n) is 4.18. The number of hydrogen-bond acceptors (Lipinski definition) is 7. The SMILES string of the molecule is O=C(C1CCCC1)N1CCOC2(COCCN(c3ncccn3)C2)C1.O=C(O)C(F)(F)F. The molecule has 9 nitrogen and oxygen atoms in total. The quantitative estimate of drug-likeness (QED) is 0.712. The maximum absolute atomic E-state index is 12.9. The van der Waals surface area contributed by atoms with Crippen LogP contribution < -0.4 is 4.90 Å². The Labute approximate surface area is 183 Å². The second kappa shape index (κ2) is 10.4. The van der Waals surface area contributed by atoms with Crippen molar-refractivity contribution in [2.75, 3.05) is 50.9 Å². The summed E-state index contributed by atoms with van der Waals surface area (Å²) in [6.07, 6.45) is 2.83. The van der Waals surface area contributed by atoms with Gasteiger partial charge in [0.15, 0.2) is 0 Å². The van der Waals surface area contributed by atoms with Gasteiger partial charge in [0.2, 0.25) is 11.9 Å². The summed E-state index contributed by atoms with van der Waals surface area (Å²) in [7, 11) is 0. The number of anilines is 1. The molecule has 3 heterocycles. The molecule has 3 fully saturated rings. The summed E-state index contributed by atoms with van der Waals surface area (Å²) in [5.74, 6) is -1.56. The van der Waals surface area contributed by atoms with Crippen LogP contribution in [0.4, 0.5) is 19.1 Å². The van der Waals surface area contributed by atoms with Crippen LogP contribution in [0.3, 0.4) is 0 Å². The van der Waals surface area contributed by atoms with Gasteiger partial charge in [-0.25, -0.2) is 14.8 Å². The molecular weight excluding hydrogens is 433 g/mol. The van der Waals surface area contributed by atoms with E-state index in [4.69, 9.17) is 19.4 Å². The van der Waals surface area contributed by atoms with Crippen LogP contribution in [-0.2, 0) is 19.1 Å². The molecule has 0 radical (unpaired) electrons. The van der Waals surface area contributed by atoms with E-state index in [2.05, 4.69) is 14.9 Å². The molecule has 1 amide bonds. The van der Waals surface area contributed by atoms with E-state index in [1.54, 1.807) is 12.4 Å². The molecule has 0 aromatic carbocycles. The summed E-state index contributed by atoms with van der Waals surface area (Å²) in [6, 6.07) is 1.81. The fourth-order valence-corrected chi connectivity index (χ4v) is 4.18. The van der Waals surface area contributed by atoms with Crippen LogP contribution in [0.1, 0.15) is 25.7 Å². The Morgan fingerprint density at radius 3 is 2.38 bits per heavy atom. The fraction of sp³-hybridized carbons (Fsp3) is 0.700. The Bertz CT molecular complexity index is 776. The average molecular weight is 460 g/mol. The van der Waals surface area contributed by atoms with Gasteiger partial charge in [-0.2, -0.15) is 13.2 Å². The van der Waals surface area contributed by atoms with Gasteiger partial charge >= 0.3 is 12.1 Å². The van der Waals surface area contributed by atoms with Crippen molar-refractivity contribution in [2.45, 2.75) is 37.5 Å². The molecule has 1 aromatic heterocycles. The largest absolute Gasteiger partial charge is 0.490 e.